The Balaban J connectivity index is 1.84. The zero-order valence-electron chi connectivity index (χ0n) is 22.1. The van der Waals surface area contributed by atoms with E-state index in [1.807, 2.05) is 0 Å². The molecule has 0 aromatic heterocycles. The first-order chi connectivity index (χ1) is 17.9. The minimum absolute atomic E-state index is 0.0202. The van der Waals surface area contributed by atoms with E-state index in [9.17, 15) is 18.4 Å². The first-order valence-electron chi connectivity index (χ1n) is 12.5. The lowest BCUT2D eigenvalue weighted by atomic mass is 9.87. The van der Waals surface area contributed by atoms with Gasteiger partial charge in [-0.05, 0) is 76.6 Å². The summed E-state index contributed by atoms with van der Waals surface area (Å²) in [6.45, 7) is 7.03. The number of nitrogens with one attached hydrogen (secondary N) is 1. The first kappa shape index (κ1) is 29.0. The smallest absolute Gasteiger partial charge is 0.306 e. The summed E-state index contributed by atoms with van der Waals surface area (Å²) >= 11 is 0. The molecule has 38 heavy (non-hydrogen) atoms. The highest BCUT2D eigenvalue weighted by atomic mass is 19.1. The molecule has 2 N–H and O–H groups in total. The fourth-order valence-corrected chi connectivity index (χ4v) is 3.94. The molecule has 2 atom stereocenters. The summed E-state index contributed by atoms with van der Waals surface area (Å²) in [4.78, 5) is 30.6. The molecule has 1 heterocycles. The van der Waals surface area contributed by atoms with Gasteiger partial charge in [-0.15, -0.1) is 0 Å². The summed E-state index contributed by atoms with van der Waals surface area (Å²) in [5.74, 6) is -1.57. The van der Waals surface area contributed by atoms with Crippen molar-refractivity contribution < 1.29 is 37.7 Å². The number of aliphatic hydroxyl groups excluding tert-OH is 1. The first-order valence-corrected chi connectivity index (χ1v) is 12.5. The molecule has 2 aromatic carbocycles. The van der Waals surface area contributed by atoms with Crippen molar-refractivity contribution in [2.24, 2.45) is 4.99 Å². The van der Waals surface area contributed by atoms with Crippen LogP contribution in [0.1, 0.15) is 58.1 Å². The summed E-state index contributed by atoms with van der Waals surface area (Å²) in [6.07, 6.45) is -0.394. The number of ether oxygens (including phenoxy) is 3. The molecule has 2 aromatic rings. The Hall–Kier alpha value is -3.53. The second-order valence-electron chi connectivity index (χ2n) is 10.1. The Morgan fingerprint density at radius 2 is 1.87 bits per heavy atom. The van der Waals surface area contributed by atoms with Crippen LogP contribution in [0.4, 0.5) is 8.78 Å². The second-order valence-corrected chi connectivity index (χ2v) is 10.1. The van der Waals surface area contributed by atoms with Gasteiger partial charge in [-0.3, -0.25) is 9.59 Å². The molecule has 0 unspecified atom stereocenters. The van der Waals surface area contributed by atoms with E-state index in [2.05, 4.69) is 10.3 Å². The molecule has 3 rings (SSSR count). The lowest BCUT2D eigenvalue weighted by Crippen LogP contribution is -2.51. The predicted molar refractivity (Wildman–Crippen MR) is 137 cm³/mol. The summed E-state index contributed by atoms with van der Waals surface area (Å²) < 4.78 is 44.7. The molecule has 8 nitrogen and oxygen atoms in total. The molecule has 0 saturated carbocycles. The number of esters is 1. The van der Waals surface area contributed by atoms with Crippen molar-refractivity contribution in [2.75, 3.05) is 13.2 Å². The van der Waals surface area contributed by atoms with Crippen molar-refractivity contribution >= 4 is 17.8 Å². The highest BCUT2D eigenvalue weighted by molar-refractivity contribution is 6.00. The van der Waals surface area contributed by atoms with Gasteiger partial charge in [0.25, 0.3) is 5.91 Å². The number of aliphatic hydroxyl groups is 1. The highest BCUT2D eigenvalue weighted by Gasteiger charge is 2.50. The molecule has 206 valence electrons. The third kappa shape index (κ3) is 7.50. The van der Waals surface area contributed by atoms with Crippen LogP contribution in [-0.2, 0) is 25.6 Å². The highest BCUT2D eigenvalue weighted by Crippen LogP contribution is 2.34. The quantitative estimate of drug-likeness (QED) is 0.334. The van der Waals surface area contributed by atoms with E-state index in [4.69, 9.17) is 19.3 Å². The SMILES string of the molecule is C[C@H]1OC(c2ccc(OCCCO)cc2)=N[C@@]1(CCC(=O)OC(C)(C)C)C(=O)NCc1cc(F)ccc1F. The average molecular weight is 533 g/mol. The molecule has 0 fully saturated rings. The van der Waals surface area contributed by atoms with Gasteiger partial charge in [-0.25, -0.2) is 13.8 Å². The number of carbonyl (C=O) groups is 2. The molecule has 0 bridgehead atoms. The van der Waals surface area contributed by atoms with Crippen LogP contribution in [-0.4, -0.2) is 53.3 Å². The number of rotatable bonds is 11. The molecular formula is C28H34F2N2O6. The normalized spacial score (nSPS) is 18.9. The third-order valence-electron chi connectivity index (χ3n) is 5.91. The molecular weight excluding hydrogens is 498 g/mol. The maximum absolute atomic E-state index is 14.1. The number of halogens is 2. The van der Waals surface area contributed by atoms with Crippen LogP contribution >= 0.6 is 0 Å². The molecule has 0 aliphatic carbocycles. The van der Waals surface area contributed by atoms with Gasteiger partial charge >= 0.3 is 5.97 Å². The maximum Gasteiger partial charge on any atom is 0.306 e. The zero-order valence-corrected chi connectivity index (χ0v) is 22.1. The van der Waals surface area contributed by atoms with Gasteiger partial charge in [0.1, 0.15) is 29.1 Å². The standard InChI is InChI=1S/C28H34F2N2O6/c1-18-28(13-12-24(34)38-27(2,3)4,26(35)31-17-20-16-21(29)8-11-23(20)30)32-25(37-18)19-6-9-22(10-7-19)36-15-5-14-33/h6-11,16,18,33H,5,12-15,17H2,1-4H3,(H,31,35)/t18-,28-/m1/s1. The van der Waals surface area contributed by atoms with Crippen molar-refractivity contribution in [3.8, 4) is 5.75 Å². The number of hydrogen-bond acceptors (Lipinski definition) is 7. The Morgan fingerprint density at radius 3 is 2.53 bits per heavy atom. The van der Waals surface area contributed by atoms with Crippen LogP contribution in [0.15, 0.2) is 47.5 Å². The number of aliphatic imine (C=N–C) groups is 1. The maximum atomic E-state index is 14.1. The van der Waals surface area contributed by atoms with Crippen molar-refractivity contribution in [3.05, 3.63) is 65.2 Å². The average Bonchev–Trinajstić information content (AvgIpc) is 3.20. The van der Waals surface area contributed by atoms with Crippen molar-refractivity contribution in [3.63, 3.8) is 0 Å². The summed E-state index contributed by atoms with van der Waals surface area (Å²) in [7, 11) is 0. The molecule has 10 heteroatoms. The van der Waals surface area contributed by atoms with Crippen LogP contribution in [0, 0.1) is 11.6 Å². The van der Waals surface area contributed by atoms with E-state index in [1.54, 1.807) is 52.0 Å². The van der Waals surface area contributed by atoms with Gasteiger partial charge < -0.3 is 24.6 Å². The lowest BCUT2D eigenvalue weighted by Gasteiger charge is -2.28. The Kier molecular flexibility index (Phi) is 9.43. The molecule has 1 aliphatic rings. The fourth-order valence-electron chi connectivity index (χ4n) is 3.94. The van der Waals surface area contributed by atoms with E-state index in [0.29, 0.717) is 24.3 Å². The van der Waals surface area contributed by atoms with Crippen LogP contribution in [0.3, 0.4) is 0 Å². The topological polar surface area (TPSA) is 106 Å². The van der Waals surface area contributed by atoms with E-state index in [0.717, 1.165) is 18.2 Å². The third-order valence-corrected chi connectivity index (χ3v) is 5.91. The zero-order chi connectivity index (χ0) is 27.9. The Morgan fingerprint density at radius 1 is 1.16 bits per heavy atom. The minimum Gasteiger partial charge on any atom is -0.494 e. The number of carbonyl (C=O) groups excluding carboxylic acids is 2. The number of amides is 1. The van der Waals surface area contributed by atoms with E-state index in [-0.39, 0.29) is 37.5 Å². The summed E-state index contributed by atoms with van der Waals surface area (Å²) in [5, 5.41) is 11.5. The van der Waals surface area contributed by atoms with E-state index in [1.165, 1.54) is 0 Å². The molecule has 0 spiro atoms. The van der Waals surface area contributed by atoms with Crippen molar-refractivity contribution in [1.29, 1.82) is 0 Å². The van der Waals surface area contributed by atoms with Gasteiger partial charge in [0.2, 0.25) is 5.90 Å². The van der Waals surface area contributed by atoms with E-state index < -0.39 is 40.8 Å². The fraction of sp³-hybridized carbons (Fsp3) is 0.464. The lowest BCUT2D eigenvalue weighted by molar-refractivity contribution is -0.155. The minimum atomic E-state index is -1.51. The Labute approximate surface area is 221 Å². The van der Waals surface area contributed by atoms with Crippen molar-refractivity contribution in [1.82, 2.24) is 5.32 Å². The Bertz CT molecular complexity index is 1160. The molecule has 0 radical (unpaired) electrons. The summed E-state index contributed by atoms with van der Waals surface area (Å²) in [6, 6.07) is 9.89. The van der Waals surface area contributed by atoms with E-state index >= 15 is 0 Å². The molecule has 1 amide bonds. The van der Waals surface area contributed by atoms with Gasteiger partial charge in [-0.1, -0.05) is 0 Å². The van der Waals surface area contributed by atoms with Gasteiger partial charge in [0.15, 0.2) is 5.54 Å². The van der Waals surface area contributed by atoms with Crippen LogP contribution in [0.25, 0.3) is 0 Å². The second kappa shape index (κ2) is 12.3. The number of benzene rings is 2. The van der Waals surface area contributed by atoms with Crippen LogP contribution in [0.2, 0.25) is 0 Å². The number of nitrogens with zero attached hydrogens (tertiary/aromatic N) is 1. The van der Waals surface area contributed by atoms with Crippen LogP contribution in [0.5, 0.6) is 5.75 Å². The largest absolute Gasteiger partial charge is 0.494 e. The summed E-state index contributed by atoms with van der Waals surface area (Å²) in [5.41, 5.74) is -1.64. The molecule has 0 saturated heterocycles. The van der Waals surface area contributed by atoms with Crippen LogP contribution < -0.4 is 10.1 Å². The van der Waals surface area contributed by atoms with Gasteiger partial charge in [0.05, 0.1) is 6.61 Å². The predicted octanol–water partition coefficient (Wildman–Crippen LogP) is 4.07. The van der Waals surface area contributed by atoms with Gasteiger partial charge in [0, 0.05) is 37.1 Å². The van der Waals surface area contributed by atoms with Crippen molar-refractivity contribution in [2.45, 2.75) is 70.7 Å². The molecule has 1 aliphatic heterocycles. The monoisotopic (exact) mass is 532 g/mol. The van der Waals surface area contributed by atoms with Gasteiger partial charge in [-0.2, -0.15) is 0 Å². The number of hydrogen-bond donors (Lipinski definition) is 2.